The Morgan fingerprint density at radius 3 is 2.87 bits per heavy atom. The fourth-order valence-corrected chi connectivity index (χ4v) is 1.59. The first-order chi connectivity index (χ1) is 7.15. The van der Waals surface area contributed by atoms with E-state index in [0.29, 0.717) is 12.1 Å². The Bertz CT molecular complexity index is 319. The summed E-state index contributed by atoms with van der Waals surface area (Å²) in [7, 11) is 0. The van der Waals surface area contributed by atoms with E-state index in [2.05, 4.69) is 5.32 Å². The van der Waals surface area contributed by atoms with E-state index in [4.69, 9.17) is 11.6 Å². The minimum absolute atomic E-state index is 0.265. The Labute approximate surface area is 94.1 Å². The van der Waals surface area contributed by atoms with Crippen LogP contribution in [0.15, 0.2) is 18.2 Å². The lowest BCUT2D eigenvalue weighted by Gasteiger charge is -2.13. The van der Waals surface area contributed by atoms with Crippen molar-refractivity contribution < 1.29 is 9.50 Å². The normalized spacial score (nSPS) is 12.8. The van der Waals surface area contributed by atoms with Crippen LogP contribution in [0.3, 0.4) is 0 Å². The largest absolute Gasteiger partial charge is 0.387 e. The van der Waals surface area contributed by atoms with Crippen LogP contribution in [-0.2, 0) is 0 Å². The molecule has 1 rings (SSSR count). The zero-order valence-corrected chi connectivity index (χ0v) is 9.39. The van der Waals surface area contributed by atoms with Gasteiger partial charge in [0.25, 0.3) is 0 Å². The van der Waals surface area contributed by atoms with Gasteiger partial charge in [-0.15, -0.1) is 0 Å². The van der Waals surface area contributed by atoms with E-state index in [1.807, 2.05) is 6.92 Å². The van der Waals surface area contributed by atoms with Crippen LogP contribution >= 0.6 is 11.6 Å². The van der Waals surface area contributed by atoms with Gasteiger partial charge >= 0.3 is 0 Å². The molecule has 0 heterocycles. The first kappa shape index (κ1) is 12.4. The molecule has 4 heteroatoms. The highest BCUT2D eigenvalue weighted by Crippen LogP contribution is 2.23. The number of benzene rings is 1. The molecule has 0 radical (unpaired) electrons. The summed E-state index contributed by atoms with van der Waals surface area (Å²) in [6.07, 6.45) is 0.314. The second kappa shape index (κ2) is 6.05. The van der Waals surface area contributed by atoms with E-state index in [0.717, 1.165) is 13.0 Å². The molecule has 84 valence electrons. The van der Waals surface area contributed by atoms with Crippen molar-refractivity contribution >= 4 is 11.6 Å². The van der Waals surface area contributed by atoms with Gasteiger partial charge in [-0.2, -0.15) is 0 Å². The van der Waals surface area contributed by atoms with Crippen molar-refractivity contribution in [2.24, 2.45) is 0 Å². The molecule has 0 aromatic heterocycles. The van der Waals surface area contributed by atoms with E-state index in [9.17, 15) is 9.50 Å². The Morgan fingerprint density at radius 1 is 1.53 bits per heavy atom. The van der Waals surface area contributed by atoms with Crippen molar-refractivity contribution in [1.29, 1.82) is 0 Å². The zero-order chi connectivity index (χ0) is 11.3. The van der Waals surface area contributed by atoms with Gasteiger partial charge in [-0.05, 0) is 25.1 Å². The smallest absolute Gasteiger partial charge is 0.124 e. The van der Waals surface area contributed by atoms with E-state index in [1.54, 1.807) is 0 Å². The molecule has 0 aliphatic rings. The quantitative estimate of drug-likeness (QED) is 0.764. The fourth-order valence-electron chi connectivity index (χ4n) is 1.30. The lowest BCUT2D eigenvalue weighted by atomic mass is 10.1. The number of rotatable bonds is 5. The molecule has 1 unspecified atom stereocenters. The summed E-state index contributed by atoms with van der Waals surface area (Å²) in [4.78, 5) is 0. The van der Waals surface area contributed by atoms with Crippen LogP contribution in [-0.4, -0.2) is 18.2 Å². The second-order valence-electron chi connectivity index (χ2n) is 3.39. The summed E-state index contributed by atoms with van der Waals surface area (Å²) >= 11 is 5.81. The van der Waals surface area contributed by atoms with Crippen LogP contribution in [0.2, 0.25) is 5.02 Å². The number of nitrogens with one attached hydrogen (secondary N) is 1. The Hall–Kier alpha value is -0.640. The molecule has 0 aliphatic heterocycles. The predicted molar refractivity (Wildman–Crippen MR) is 59.5 cm³/mol. The summed E-state index contributed by atoms with van der Waals surface area (Å²) in [6, 6.07) is 4.01. The molecule has 0 fully saturated rings. The first-order valence-corrected chi connectivity index (χ1v) is 5.36. The van der Waals surface area contributed by atoms with E-state index in [-0.39, 0.29) is 5.02 Å². The van der Waals surface area contributed by atoms with Gasteiger partial charge in [0.2, 0.25) is 0 Å². The number of hydrogen-bond acceptors (Lipinski definition) is 2. The van der Waals surface area contributed by atoms with Crippen molar-refractivity contribution in [2.75, 3.05) is 13.1 Å². The summed E-state index contributed by atoms with van der Waals surface area (Å²) in [5.41, 5.74) is 0.557. The minimum Gasteiger partial charge on any atom is -0.387 e. The van der Waals surface area contributed by atoms with E-state index in [1.165, 1.54) is 18.2 Å². The van der Waals surface area contributed by atoms with Crippen LogP contribution in [0, 0.1) is 5.82 Å². The Kier molecular flexibility index (Phi) is 5.02. The molecule has 15 heavy (non-hydrogen) atoms. The summed E-state index contributed by atoms with van der Waals surface area (Å²) in [6.45, 7) is 3.32. The number of aliphatic hydroxyl groups excluding tert-OH is 1. The van der Waals surface area contributed by atoms with Gasteiger partial charge in [0.05, 0.1) is 6.10 Å². The SMILES string of the molecule is CCCNCC(O)c1ccc(F)cc1Cl. The lowest BCUT2D eigenvalue weighted by molar-refractivity contribution is 0.175. The highest BCUT2D eigenvalue weighted by atomic mass is 35.5. The zero-order valence-electron chi connectivity index (χ0n) is 8.63. The molecule has 0 saturated heterocycles. The van der Waals surface area contributed by atoms with Crippen LogP contribution in [0.4, 0.5) is 4.39 Å². The molecule has 0 spiro atoms. The predicted octanol–water partition coefficient (Wildman–Crippen LogP) is 2.51. The Morgan fingerprint density at radius 2 is 2.27 bits per heavy atom. The highest BCUT2D eigenvalue weighted by Gasteiger charge is 2.11. The van der Waals surface area contributed by atoms with E-state index >= 15 is 0 Å². The van der Waals surface area contributed by atoms with Crippen LogP contribution < -0.4 is 5.32 Å². The molecule has 1 atom stereocenters. The van der Waals surface area contributed by atoms with Crippen molar-refractivity contribution in [3.8, 4) is 0 Å². The van der Waals surface area contributed by atoms with Gasteiger partial charge in [0, 0.05) is 17.1 Å². The maximum atomic E-state index is 12.7. The van der Waals surface area contributed by atoms with Gasteiger partial charge in [-0.25, -0.2) is 4.39 Å². The van der Waals surface area contributed by atoms with Gasteiger partial charge in [-0.3, -0.25) is 0 Å². The number of hydrogen-bond donors (Lipinski definition) is 2. The van der Waals surface area contributed by atoms with Crippen molar-refractivity contribution in [3.05, 3.63) is 34.6 Å². The second-order valence-corrected chi connectivity index (χ2v) is 3.79. The van der Waals surface area contributed by atoms with Crippen LogP contribution in [0.5, 0.6) is 0 Å². The monoisotopic (exact) mass is 231 g/mol. The van der Waals surface area contributed by atoms with Gasteiger partial charge in [0.15, 0.2) is 0 Å². The van der Waals surface area contributed by atoms with E-state index < -0.39 is 11.9 Å². The molecular formula is C11H15ClFNO. The first-order valence-electron chi connectivity index (χ1n) is 4.99. The molecule has 1 aromatic rings. The summed E-state index contributed by atoms with van der Waals surface area (Å²) in [5, 5.41) is 13.1. The third-order valence-corrected chi connectivity index (χ3v) is 2.41. The molecular weight excluding hydrogens is 217 g/mol. The highest BCUT2D eigenvalue weighted by molar-refractivity contribution is 6.31. The topological polar surface area (TPSA) is 32.3 Å². The third-order valence-electron chi connectivity index (χ3n) is 2.09. The molecule has 2 N–H and O–H groups in total. The standard InChI is InChI=1S/C11H15ClFNO/c1-2-5-14-7-11(15)9-4-3-8(13)6-10(9)12/h3-4,6,11,14-15H,2,5,7H2,1H3. The molecule has 0 bridgehead atoms. The van der Waals surface area contributed by atoms with Crippen molar-refractivity contribution in [2.45, 2.75) is 19.4 Å². The maximum Gasteiger partial charge on any atom is 0.124 e. The molecule has 1 aromatic carbocycles. The van der Waals surface area contributed by atoms with Crippen molar-refractivity contribution in [3.63, 3.8) is 0 Å². The maximum absolute atomic E-state index is 12.7. The number of aliphatic hydroxyl groups is 1. The van der Waals surface area contributed by atoms with Crippen molar-refractivity contribution in [1.82, 2.24) is 5.32 Å². The fraction of sp³-hybridized carbons (Fsp3) is 0.455. The summed E-state index contributed by atoms with van der Waals surface area (Å²) < 4.78 is 12.7. The van der Waals surface area contributed by atoms with Gasteiger partial charge in [-0.1, -0.05) is 24.6 Å². The van der Waals surface area contributed by atoms with Crippen LogP contribution in [0.25, 0.3) is 0 Å². The lowest BCUT2D eigenvalue weighted by Crippen LogP contribution is -2.22. The average molecular weight is 232 g/mol. The van der Waals surface area contributed by atoms with Gasteiger partial charge < -0.3 is 10.4 Å². The average Bonchev–Trinajstić information content (AvgIpc) is 2.17. The minimum atomic E-state index is -0.690. The summed E-state index contributed by atoms with van der Waals surface area (Å²) in [5.74, 6) is -0.391. The third kappa shape index (κ3) is 3.78. The molecule has 0 aliphatic carbocycles. The number of halogens is 2. The molecule has 0 saturated carbocycles. The Balaban J connectivity index is 2.61. The molecule has 0 amide bonds. The molecule has 2 nitrogen and oxygen atoms in total. The van der Waals surface area contributed by atoms with Gasteiger partial charge in [0.1, 0.15) is 5.82 Å². The van der Waals surface area contributed by atoms with Crippen LogP contribution in [0.1, 0.15) is 25.0 Å².